The largest absolute Gasteiger partial charge is 0.390 e. The predicted octanol–water partition coefficient (Wildman–Crippen LogP) is 7.14. The molecule has 1 N–H and O–H groups in total. The van der Waals surface area contributed by atoms with Crippen LogP contribution in [0.1, 0.15) is 78.6 Å². The summed E-state index contributed by atoms with van der Waals surface area (Å²) >= 11 is 0. The molecule has 0 aliphatic heterocycles. The summed E-state index contributed by atoms with van der Waals surface area (Å²) < 4.78 is 16.4. The predicted molar refractivity (Wildman–Crippen MR) is 122 cm³/mol. The molecule has 4 fully saturated rings. The Morgan fingerprint density at radius 3 is 2.29 bits per heavy atom. The molecule has 4 aliphatic rings. The van der Waals surface area contributed by atoms with Crippen molar-refractivity contribution >= 4 is 0 Å². The fourth-order valence-electron chi connectivity index (χ4n) is 9.21. The van der Waals surface area contributed by atoms with Gasteiger partial charge in [-0.15, -0.1) is 12.3 Å². The number of hydrogen-bond donors (Lipinski definition) is 1. The molecule has 0 amide bonds. The standard InChI is InChI=1S/C28H40FO.Rh/c1-8-12-27-17-16-25(7)24(6,15-18-28(25,29)20(3)4)21(27)11-14-26(9-2)19-23(5,30)13-10-22(26)27;/h9,12,21-22,30H,1-4,10-11,13-19H2,5-7H3;/q-1;/t21-,22-,23+,24-,25-,26+,27-,28-;/m0./s1. The third-order valence-electron chi connectivity index (χ3n) is 10.9. The summed E-state index contributed by atoms with van der Waals surface area (Å²) in [5.41, 5.74) is 0.887. The van der Waals surface area contributed by atoms with Crippen molar-refractivity contribution in [3.8, 4) is 0 Å². The van der Waals surface area contributed by atoms with Crippen molar-refractivity contribution in [1.29, 1.82) is 0 Å². The fourth-order valence-corrected chi connectivity index (χ4v) is 9.21. The normalized spacial score (nSPS) is 53.1. The van der Waals surface area contributed by atoms with E-state index in [-0.39, 0.29) is 35.7 Å². The van der Waals surface area contributed by atoms with Gasteiger partial charge in [0.2, 0.25) is 0 Å². The molecule has 4 saturated carbocycles. The van der Waals surface area contributed by atoms with E-state index < -0.39 is 16.7 Å². The summed E-state index contributed by atoms with van der Waals surface area (Å²) in [6, 6.07) is 0. The summed E-state index contributed by atoms with van der Waals surface area (Å²) in [5, 5.41) is 10.9. The third kappa shape index (κ3) is 2.95. The Labute approximate surface area is 202 Å². The smallest absolute Gasteiger partial charge is 0.109 e. The van der Waals surface area contributed by atoms with Crippen LogP contribution in [-0.4, -0.2) is 16.4 Å². The molecule has 0 saturated heterocycles. The van der Waals surface area contributed by atoms with Crippen molar-refractivity contribution in [2.75, 3.05) is 0 Å². The molecule has 4 aliphatic carbocycles. The van der Waals surface area contributed by atoms with Crippen molar-refractivity contribution in [3.05, 3.63) is 50.1 Å². The minimum atomic E-state index is -1.39. The van der Waals surface area contributed by atoms with Gasteiger partial charge < -0.3 is 5.11 Å². The van der Waals surface area contributed by atoms with Crippen LogP contribution < -0.4 is 0 Å². The number of hydrogen-bond acceptors (Lipinski definition) is 1. The molecule has 0 aromatic heterocycles. The minimum absolute atomic E-state index is 0. The zero-order valence-corrected chi connectivity index (χ0v) is 21.3. The number of aliphatic hydroxyl groups is 1. The van der Waals surface area contributed by atoms with Crippen LogP contribution in [0.2, 0.25) is 0 Å². The molecule has 0 unspecified atom stereocenters. The first-order chi connectivity index (χ1) is 13.9. The van der Waals surface area contributed by atoms with Gasteiger partial charge in [-0.05, 0) is 93.5 Å². The minimum Gasteiger partial charge on any atom is -0.390 e. The maximum Gasteiger partial charge on any atom is 0.109 e. The molecule has 8 atom stereocenters. The van der Waals surface area contributed by atoms with E-state index in [4.69, 9.17) is 0 Å². The summed E-state index contributed by atoms with van der Waals surface area (Å²) in [6.07, 6.45) is 12.2. The Morgan fingerprint density at radius 1 is 1.06 bits per heavy atom. The van der Waals surface area contributed by atoms with Crippen LogP contribution in [0.15, 0.2) is 43.2 Å². The monoisotopic (exact) mass is 514 g/mol. The van der Waals surface area contributed by atoms with E-state index in [9.17, 15) is 5.11 Å². The zero-order valence-electron chi connectivity index (χ0n) is 19.7. The van der Waals surface area contributed by atoms with E-state index in [1.165, 1.54) is 0 Å². The van der Waals surface area contributed by atoms with Gasteiger partial charge in [0, 0.05) is 30.3 Å². The summed E-state index contributed by atoms with van der Waals surface area (Å²) in [6.45, 7) is 22.7. The zero-order chi connectivity index (χ0) is 22.2. The number of fused-ring (bicyclic) bond motifs is 5. The van der Waals surface area contributed by atoms with Crippen LogP contribution >= 0.6 is 0 Å². The van der Waals surface area contributed by atoms with Gasteiger partial charge in [-0.3, -0.25) is 0 Å². The van der Waals surface area contributed by atoms with E-state index in [0.29, 0.717) is 23.8 Å². The average Bonchev–Trinajstić information content (AvgIpc) is 2.89. The van der Waals surface area contributed by atoms with Gasteiger partial charge >= 0.3 is 0 Å². The molecule has 0 aromatic carbocycles. The number of rotatable bonds is 3. The molecule has 1 radical (unpaired) electrons. The van der Waals surface area contributed by atoms with Gasteiger partial charge in [0.1, 0.15) is 5.67 Å². The van der Waals surface area contributed by atoms with Crippen molar-refractivity contribution in [2.24, 2.45) is 33.5 Å². The van der Waals surface area contributed by atoms with Crippen molar-refractivity contribution in [1.82, 2.24) is 0 Å². The molecule has 3 heteroatoms. The second kappa shape index (κ2) is 7.45. The average molecular weight is 515 g/mol. The topological polar surface area (TPSA) is 20.2 Å². The molecular formula is C28H40FORh-. The van der Waals surface area contributed by atoms with Crippen LogP contribution in [0.5, 0.6) is 0 Å². The Hall–Kier alpha value is -0.617. The number of halogens is 1. The maximum atomic E-state index is 16.4. The van der Waals surface area contributed by atoms with Crippen LogP contribution in [0, 0.1) is 40.4 Å². The molecule has 175 valence electrons. The van der Waals surface area contributed by atoms with Crippen molar-refractivity contribution < 1.29 is 29.0 Å². The summed E-state index contributed by atoms with van der Waals surface area (Å²) in [4.78, 5) is 0. The second-order valence-electron chi connectivity index (χ2n) is 11.9. The van der Waals surface area contributed by atoms with E-state index >= 15 is 4.39 Å². The van der Waals surface area contributed by atoms with Crippen LogP contribution in [0.4, 0.5) is 4.39 Å². The van der Waals surface area contributed by atoms with E-state index in [0.717, 1.165) is 51.4 Å². The van der Waals surface area contributed by atoms with E-state index in [1.807, 2.05) is 6.92 Å². The molecule has 0 spiro atoms. The van der Waals surface area contributed by atoms with Gasteiger partial charge in [-0.1, -0.05) is 26.5 Å². The first-order valence-corrected chi connectivity index (χ1v) is 11.8. The van der Waals surface area contributed by atoms with E-state index in [2.05, 4.69) is 58.4 Å². The first kappa shape index (κ1) is 25.0. The summed E-state index contributed by atoms with van der Waals surface area (Å²) in [5.74, 6) is 0.769. The quantitative estimate of drug-likeness (QED) is 0.184. The van der Waals surface area contributed by atoms with Crippen molar-refractivity contribution in [3.63, 3.8) is 0 Å². The first-order valence-electron chi connectivity index (χ1n) is 11.8. The Bertz CT molecular complexity index is 827. The molecule has 4 rings (SSSR count). The molecular weight excluding hydrogens is 474 g/mol. The van der Waals surface area contributed by atoms with Crippen LogP contribution in [0.25, 0.3) is 0 Å². The maximum absolute atomic E-state index is 16.4. The van der Waals surface area contributed by atoms with Crippen molar-refractivity contribution in [2.45, 2.75) is 89.8 Å². The van der Waals surface area contributed by atoms with Gasteiger partial charge in [-0.25, -0.2) is 17.9 Å². The molecule has 0 aromatic rings. The van der Waals surface area contributed by atoms with Gasteiger partial charge in [-0.2, -0.15) is 5.57 Å². The molecule has 0 bridgehead atoms. The van der Waals surface area contributed by atoms with E-state index in [1.54, 1.807) is 0 Å². The van der Waals surface area contributed by atoms with Gasteiger partial charge in [0.15, 0.2) is 0 Å². The Kier molecular flexibility index (Phi) is 6.01. The Morgan fingerprint density at radius 2 is 1.71 bits per heavy atom. The third-order valence-corrected chi connectivity index (χ3v) is 10.9. The number of allylic oxidation sites excluding steroid dienone is 3. The number of alkyl halides is 1. The van der Waals surface area contributed by atoms with Crippen LogP contribution in [0.3, 0.4) is 0 Å². The molecule has 0 heterocycles. The van der Waals surface area contributed by atoms with Gasteiger partial charge in [0.25, 0.3) is 0 Å². The molecule has 31 heavy (non-hydrogen) atoms. The second-order valence-corrected chi connectivity index (χ2v) is 11.9. The fraction of sp³-hybridized carbons (Fsp3) is 0.714. The summed E-state index contributed by atoms with van der Waals surface area (Å²) in [7, 11) is 0. The Balaban J connectivity index is 0.00000272. The SMILES string of the molecule is C=C=C[C@]12CC[C@@]3(C)[C@@](C)(CC[C@]3(F)C(=C)[CH2-])[C@@H]1CC[C@]1(C=C)C[C@](C)(O)CC[C@@H]12.[Rh]. The van der Waals surface area contributed by atoms with Gasteiger partial charge in [0.05, 0.1) is 5.60 Å². The molecule has 1 nitrogen and oxygen atoms in total. The van der Waals surface area contributed by atoms with Crippen LogP contribution in [-0.2, 0) is 19.5 Å².